The van der Waals surface area contributed by atoms with E-state index in [2.05, 4.69) is 0 Å². The van der Waals surface area contributed by atoms with Gasteiger partial charge in [0.05, 0.1) is 11.9 Å². The summed E-state index contributed by atoms with van der Waals surface area (Å²) in [5.74, 6) is -2.58. The van der Waals surface area contributed by atoms with Crippen molar-refractivity contribution in [1.29, 1.82) is 0 Å². The molecule has 1 heterocycles. The lowest BCUT2D eigenvalue weighted by atomic mass is 10.0. The first-order valence-corrected chi connectivity index (χ1v) is 7.56. The van der Waals surface area contributed by atoms with Gasteiger partial charge in [0, 0.05) is 30.1 Å². The van der Waals surface area contributed by atoms with Crippen LogP contribution in [-0.4, -0.2) is 15.6 Å². The summed E-state index contributed by atoms with van der Waals surface area (Å²) in [6.45, 7) is 0. The molecule has 2 aromatic carbocycles. The van der Waals surface area contributed by atoms with Gasteiger partial charge >= 0.3 is 5.97 Å². The van der Waals surface area contributed by atoms with Gasteiger partial charge < -0.3 is 20.1 Å². The molecular weight excluding hydrogens is 330 g/mol. The number of hydrogen-bond acceptors (Lipinski definition) is 3. The van der Waals surface area contributed by atoms with Gasteiger partial charge in [0.15, 0.2) is 11.6 Å². The normalized spacial score (nSPS) is 12.3. The van der Waals surface area contributed by atoms with Crippen LogP contribution in [0.5, 0.6) is 11.6 Å². The van der Waals surface area contributed by atoms with Crippen LogP contribution in [0.2, 0.25) is 0 Å². The fourth-order valence-corrected chi connectivity index (χ4v) is 2.83. The van der Waals surface area contributed by atoms with Crippen LogP contribution in [0.1, 0.15) is 18.0 Å². The van der Waals surface area contributed by atoms with Crippen molar-refractivity contribution in [2.45, 2.75) is 12.5 Å². The highest BCUT2D eigenvalue weighted by atomic mass is 19.1. The van der Waals surface area contributed by atoms with Crippen LogP contribution in [0.15, 0.2) is 42.5 Å². The van der Waals surface area contributed by atoms with Crippen molar-refractivity contribution in [2.24, 2.45) is 12.8 Å². The lowest BCUT2D eigenvalue weighted by Crippen LogP contribution is -2.15. The molecule has 1 atom stereocenters. The first-order valence-electron chi connectivity index (χ1n) is 7.56. The van der Waals surface area contributed by atoms with Crippen LogP contribution in [0, 0.1) is 11.6 Å². The van der Waals surface area contributed by atoms with Gasteiger partial charge in [-0.25, -0.2) is 8.78 Å². The third-order valence-electron chi connectivity index (χ3n) is 3.96. The smallest absolute Gasteiger partial charge is 0.305 e. The molecule has 0 fully saturated rings. The Hall–Kier alpha value is -2.93. The summed E-state index contributed by atoms with van der Waals surface area (Å²) in [7, 11) is 1.70. The van der Waals surface area contributed by atoms with E-state index in [1.165, 1.54) is 6.07 Å². The fraction of sp³-hybridized carbons (Fsp3) is 0.167. The van der Waals surface area contributed by atoms with Gasteiger partial charge in [0.2, 0.25) is 5.88 Å². The Bertz CT molecular complexity index is 953. The van der Waals surface area contributed by atoms with E-state index in [-0.39, 0.29) is 18.1 Å². The summed E-state index contributed by atoms with van der Waals surface area (Å²) >= 11 is 0. The highest BCUT2D eigenvalue weighted by Gasteiger charge is 2.24. The van der Waals surface area contributed by atoms with Crippen LogP contribution < -0.4 is 10.5 Å². The summed E-state index contributed by atoms with van der Waals surface area (Å²) in [5, 5.41) is 9.77. The third kappa shape index (κ3) is 3.18. The number of halogens is 2. The van der Waals surface area contributed by atoms with Crippen LogP contribution >= 0.6 is 0 Å². The molecular formula is C18H16F2N2O3. The third-order valence-corrected chi connectivity index (χ3v) is 3.96. The van der Waals surface area contributed by atoms with E-state index in [1.807, 2.05) is 12.1 Å². The lowest BCUT2D eigenvalue weighted by molar-refractivity contribution is -0.137. The number of benzene rings is 2. The molecule has 5 nitrogen and oxygen atoms in total. The highest BCUT2D eigenvalue weighted by molar-refractivity contribution is 5.88. The van der Waals surface area contributed by atoms with Crippen LogP contribution in [0.4, 0.5) is 8.78 Å². The summed E-state index contributed by atoms with van der Waals surface area (Å²) in [4.78, 5) is 11.1. The second-order valence-corrected chi connectivity index (χ2v) is 5.68. The summed E-state index contributed by atoms with van der Waals surface area (Å²) in [6.07, 6.45) is -0.309. The number of para-hydroxylation sites is 1. The Morgan fingerprint density at radius 1 is 1.28 bits per heavy atom. The topological polar surface area (TPSA) is 77.5 Å². The number of ether oxygens (including phenoxy) is 1. The van der Waals surface area contributed by atoms with Crippen molar-refractivity contribution < 1.29 is 23.4 Å². The molecule has 0 spiro atoms. The molecule has 25 heavy (non-hydrogen) atoms. The number of aromatic nitrogens is 1. The molecule has 3 rings (SSSR count). The zero-order valence-corrected chi connectivity index (χ0v) is 13.4. The zero-order valence-electron chi connectivity index (χ0n) is 13.4. The second-order valence-electron chi connectivity index (χ2n) is 5.68. The van der Waals surface area contributed by atoms with Crippen molar-refractivity contribution >= 4 is 16.9 Å². The predicted octanol–water partition coefficient (Wildman–Crippen LogP) is 3.72. The standard InChI is InChI=1S/C18H16F2N2O3/c1-22-14-5-3-2-4-11(14)17(13(21)9-16(23)24)18(22)25-15-7-6-10(19)8-12(15)20/h2-8,13H,9,21H2,1H3,(H,23,24). The van der Waals surface area contributed by atoms with E-state index in [4.69, 9.17) is 15.6 Å². The quantitative estimate of drug-likeness (QED) is 0.738. The number of hydrogen-bond donors (Lipinski definition) is 2. The number of nitrogens with two attached hydrogens (primary N) is 1. The van der Waals surface area contributed by atoms with Crippen molar-refractivity contribution in [2.75, 3.05) is 0 Å². The summed E-state index contributed by atoms with van der Waals surface area (Å²) in [5.41, 5.74) is 7.29. The monoisotopic (exact) mass is 346 g/mol. The first kappa shape index (κ1) is 16.9. The first-order chi connectivity index (χ1) is 11.9. The number of nitrogens with zero attached hydrogens (tertiary/aromatic N) is 1. The van der Waals surface area contributed by atoms with Gasteiger partial charge in [-0.1, -0.05) is 18.2 Å². The van der Waals surface area contributed by atoms with Gasteiger partial charge in [-0.15, -0.1) is 0 Å². The molecule has 7 heteroatoms. The Morgan fingerprint density at radius 3 is 2.68 bits per heavy atom. The maximum Gasteiger partial charge on any atom is 0.305 e. The maximum absolute atomic E-state index is 14.0. The van der Waals surface area contributed by atoms with Crippen molar-refractivity contribution in [1.82, 2.24) is 4.57 Å². The van der Waals surface area contributed by atoms with E-state index in [0.29, 0.717) is 5.56 Å². The SMILES string of the molecule is Cn1c(Oc2ccc(F)cc2F)c(C(N)CC(=O)O)c2ccccc21. The van der Waals surface area contributed by atoms with E-state index in [0.717, 1.165) is 23.0 Å². The number of aryl methyl sites for hydroxylation is 1. The van der Waals surface area contributed by atoms with Crippen LogP contribution in [0.25, 0.3) is 10.9 Å². The van der Waals surface area contributed by atoms with Crippen molar-refractivity contribution in [3.8, 4) is 11.6 Å². The molecule has 0 radical (unpaired) electrons. The second kappa shape index (κ2) is 6.52. The Kier molecular flexibility index (Phi) is 4.41. The van der Waals surface area contributed by atoms with Gasteiger partial charge in [-0.05, 0) is 18.2 Å². The van der Waals surface area contributed by atoms with Gasteiger partial charge in [-0.2, -0.15) is 0 Å². The lowest BCUT2D eigenvalue weighted by Gasteiger charge is -2.14. The number of carboxylic acid groups (broad SMARTS) is 1. The molecule has 0 aliphatic carbocycles. The van der Waals surface area contributed by atoms with Crippen LogP contribution in [0.3, 0.4) is 0 Å². The largest absolute Gasteiger partial charge is 0.481 e. The number of fused-ring (bicyclic) bond motifs is 1. The van der Waals surface area contributed by atoms with E-state index >= 15 is 0 Å². The molecule has 0 saturated heterocycles. The molecule has 0 aliphatic rings. The van der Waals surface area contributed by atoms with Crippen molar-refractivity contribution in [3.05, 3.63) is 59.7 Å². The predicted molar refractivity (Wildman–Crippen MR) is 88.5 cm³/mol. The van der Waals surface area contributed by atoms with E-state index in [9.17, 15) is 13.6 Å². The molecule has 3 N–H and O–H groups in total. The van der Waals surface area contributed by atoms with Crippen molar-refractivity contribution in [3.63, 3.8) is 0 Å². The fourth-order valence-electron chi connectivity index (χ4n) is 2.83. The number of carboxylic acids is 1. The minimum absolute atomic E-state index is 0.170. The van der Waals surface area contributed by atoms with Crippen LogP contribution in [-0.2, 0) is 11.8 Å². The Morgan fingerprint density at radius 2 is 2.00 bits per heavy atom. The zero-order chi connectivity index (χ0) is 18.1. The molecule has 0 bridgehead atoms. The van der Waals surface area contributed by atoms with Gasteiger partial charge in [0.1, 0.15) is 5.82 Å². The molecule has 130 valence electrons. The minimum Gasteiger partial charge on any atom is -0.481 e. The number of carbonyl (C=O) groups is 1. The molecule has 0 saturated carbocycles. The number of aliphatic carboxylic acids is 1. The number of rotatable bonds is 5. The average molecular weight is 346 g/mol. The average Bonchev–Trinajstić information content (AvgIpc) is 2.82. The van der Waals surface area contributed by atoms with Gasteiger partial charge in [-0.3, -0.25) is 4.79 Å². The van der Waals surface area contributed by atoms with E-state index in [1.54, 1.807) is 23.7 Å². The summed E-state index contributed by atoms with van der Waals surface area (Å²) < 4.78 is 34.4. The summed E-state index contributed by atoms with van der Waals surface area (Å²) in [6, 6.07) is 9.35. The molecule has 0 aliphatic heterocycles. The van der Waals surface area contributed by atoms with Gasteiger partial charge in [0.25, 0.3) is 0 Å². The van der Waals surface area contributed by atoms with E-state index < -0.39 is 23.6 Å². The Balaban J connectivity index is 2.15. The molecule has 0 amide bonds. The molecule has 1 aromatic heterocycles. The highest BCUT2D eigenvalue weighted by Crippen LogP contribution is 2.39. The maximum atomic E-state index is 14.0. The minimum atomic E-state index is -1.06. The molecule has 1 unspecified atom stereocenters. The Labute approximate surface area is 142 Å². The molecule has 3 aromatic rings.